The molecule has 1 amide bonds. The number of carbonyl (C=O) groups is 1. The number of hydrogen-bond donors (Lipinski definition) is 0. The van der Waals surface area contributed by atoms with Gasteiger partial charge in [0.1, 0.15) is 0 Å². The fourth-order valence-electron chi connectivity index (χ4n) is 3.73. The predicted octanol–water partition coefficient (Wildman–Crippen LogP) is 3.40. The Morgan fingerprint density at radius 2 is 1.67 bits per heavy atom. The molecule has 27 heavy (non-hydrogen) atoms. The monoisotopic (exact) mass is 367 g/mol. The van der Waals surface area contributed by atoms with Crippen molar-refractivity contribution in [1.82, 2.24) is 4.90 Å². The molecular formula is C21H25N3O3. The van der Waals surface area contributed by atoms with Crippen molar-refractivity contribution >= 4 is 11.6 Å². The number of hydrogen-bond acceptors (Lipinski definition) is 4. The molecule has 0 spiro atoms. The summed E-state index contributed by atoms with van der Waals surface area (Å²) in [5.74, 6) is -0.630. The van der Waals surface area contributed by atoms with Crippen LogP contribution in [0.15, 0.2) is 48.5 Å². The van der Waals surface area contributed by atoms with Gasteiger partial charge in [0.25, 0.3) is 5.91 Å². The molecule has 3 rings (SSSR count). The number of likely N-dealkylation sites (N-methyl/N-ethyl adjacent to an activating group) is 1. The Hall–Kier alpha value is -2.73. The van der Waals surface area contributed by atoms with E-state index in [-0.39, 0.29) is 10.8 Å². The molecule has 6 heteroatoms. The summed E-state index contributed by atoms with van der Waals surface area (Å²) in [5.41, 5.74) is 1.55. The number of fused-ring (bicyclic) bond motifs is 2. The van der Waals surface area contributed by atoms with E-state index < -0.39 is 11.5 Å². The fraction of sp³-hybridized carbons (Fsp3) is 0.381. The van der Waals surface area contributed by atoms with Gasteiger partial charge in [0.15, 0.2) is 0 Å². The lowest BCUT2D eigenvalue weighted by Gasteiger charge is -2.29. The maximum Gasteiger partial charge on any atom is 0.258 e. The number of nitro groups is 1. The summed E-state index contributed by atoms with van der Waals surface area (Å²) in [5, 5.41) is 11.9. The fourth-order valence-corrected chi connectivity index (χ4v) is 3.73. The molecule has 0 N–H and O–H groups in total. The average Bonchev–Trinajstić information content (AvgIpc) is 2.72. The zero-order valence-corrected chi connectivity index (χ0v) is 16.2. The lowest BCUT2D eigenvalue weighted by atomic mass is 9.76. The van der Waals surface area contributed by atoms with Crippen molar-refractivity contribution in [3.63, 3.8) is 0 Å². The summed E-state index contributed by atoms with van der Waals surface area (Å²) in [6.45, 7) is 4.48. The first-order valence-corrected chi connectivity index (χ1v) is 9.04. The molecule has 0 radical (unpaired) electrons. The first kappa shape index (κ1) is 19.0. The minimum absolute atomic E-state index is 0.110. The van der Waals surface area contributed by atoms with Crippen molar-refractivity contribution in [3.05, 3.63) is 75.3 Å². The minimum Gasteiger partial charge on any atom is -0.308 e. The van der Waals surface area contributed by atoms with Crippen LogP contribution in [0.5, 0.6) is 0 Å². The highest BCUT2D eigenvalue weighted by molar-refractivity contribution is 6.09. The van der Waals surface area contributed by atoms with Gasteiger partial charge < -0.3 is 9.80 Å². The third-order valence-corrected chi connectivity index (χ3v) is 5.23. The zero-order chi connectivity index (χ0) is 19.8. The number of amides is 1. The van der Waals surface area contributed by atoms with Crippen LogP contribution in [0, 0.1) is 10.1 Å². The van der Waals surface area contributed by atoms with Crippen LogP contribution >= 0.6 is 0 Å². The van der Waals surface area contributed by atoms with Crippen molar-refractivity contribution in [1.29, 1.82) is 0 Å². The van der Waals surface area contributed by atoms with Crippen LogP contribution in [0.1, 0.15) is 41.3 Å². The van der Waals surface area contributed by atoms with E-state index in [4.69, 9.17) is 0 Å². The van der Waals surface area contributed by atoms with Crippen LogP contribution in [0.2, 0.25) is 0 Å². The summed E-state index contributed by atoms with van der Waals surface area (Å²) >= 11 is 0. The van der Waals surface area contributed by atoms with Crippen LogP contribution in [0.3, 0.4) is 0 Å². The highest BCUT2D eigenvalue weighted by atomic mass is 16.6. The van der Waals surface area contributed by atoms with Gasteiger partial charge >= 0.3 is 0 Å². The van der Waals surface area contributed by atoms with Gasteiger partial charge in [-0.1, -0.05) is 36.4 Å². The van der Waals surface area contributed by atoms with Gasteiger partial charge in [0, 0.05) is 43.1 Å². The van der Waals surface area contributed by atoms with E-state index in [1.165, 1.54) is 0 Å². The van der Waals surface area contributed by atoms with E-state index >= 15 is 0 Å². The first-order chi connectivity index (χ1) is 12.7. The van der Waals surface area contributed by atoms with E-state index in [0.717, 1.165) is 11.3 Å². The summed E-state index contributed by atoms with van der Waals surface area (Å²) in [4.78, 5) is 28.9. The quantitative estimate of drug-likeness (QED) is 0.600. The Kier molecular flexibility index (Phi) is 5.02. The standard InChI is InChI=1S/C21H25N3O3/c1-21(2,24(26)27)19-15-9-5-6-10-16(15)20(25)23(14-13-22(3)4)18-12-8-7-11-17(18)19/h5-12,19H,13-14H2,1-4H3. The Morgan fingerprint density at radius 1 is 1.07 bits per heavy atom. The summed E-state index contributed by atoms with van der Waals surface area (Å²) in [6.07, 6.45) is 0. The topological polar surface area (TPSA) is 66.7 Å². The minimum atomic E-state index is -1.26. The second kappa shape index (κ2) is 7.12. The van der Waals surface area contributed by atoms with E-state index in [2.05, 4.69) is 0 Å². The van der Waals surface area contributed by atoms with E-state index in [1.807, 2.05) is 61.5 Å². The Balaban J connectivity index is 2.28. The number of anilines is 1. The Bertz CT molecular complexity index is 876. The Morgan fingerprint density at radius 3 is 2.30 bits per heavy atom. The largest absolute Gasteiger partial charge is 0.308 e. The normalized spacial score (nSPS) is 16.7. The smallest absolute Gasteiger partial charge is 0.258 e. The molecule has 1 aliphatic rings. The van der Waals surface area contributed by atoms with Crippen molar-refractivity contribution in [2.24, 2.45) is 0 Å². The van der Waals surface area contributed by atoms with Gasteiger partial charge in [-0.05, 0) is 37.4 Å². The van der Waals surface area contributed by atoms with Crippen LogP contribution in [0.4, 0.5) is 5.69 Å². The van der Waals surface area contributed by atoms with Gasteiger partial charge in [0.05, 0.1) is 5.92 Å². The van der Waals surface area contributed by atoms with Crippen LogP contribution in [-0.4, -0.2) is 48.5 Å². The molecule has 1 unspecified atom stereocenters. The number of nitrogens with zero attached hydrogens (tertiary/aromatic N) is 3. The van der Waals surface area contributed by atoms with Gasteiger partial charge in [-0.25, -0.2) is 0 Å². The molecule has 0 saturated carbocycles. The maximum absolute atomic E-state index is 13.4. The molecule has 0 aliphatic carbocycles. The number of benzene rings is 2. The lowest BCUT2D eigenvalue weighted by Crippen LogP contribution is -2.39. The molecule has 0 bridgehead atoms. The third-order valence-electron chi connectivity index (χ3n) is 5.23. The zero-order valence-electron chi connectivity index (χ0n) is 16.2. The van der Waals surface area contributed by atoms with E-state index in [1.54, 1.807) is 24.8 Å². The lowest BCUT2D eigenvalue weighted by molar-refractivity contribution is -0.563. The molecule has 6 nitrogen and oxygen atoms in total. The highest BCUT2D eigenvalue weighted by Gasteiger charge is 2.47. The van der Waals surface area contributed by atoms with Gasteiger partial charge in [-0.15, -0.1) is 0 Å². The van der Waals surface area contributed by atoms with E-state index in [9.17, 15) is 14.9 Å². The predicted molar refractivity (Wildman–Crippen MR) is 106 cm³/mol. The van der Waals surface area contributed by atoms with Gasteiger partial charge in [-0.2, -0.15) is 0 Å². The van der Waals surface area contributed by atoms with Crippen molar-refractivity contribution in [2.45, 2.75) is 25.3 Å². The second-order valence-electron chi connectivity index (χ2n) is 7.75. The molecule has 0 aromatic heterocycles. The van der Waals surface area contributed by atoms with E-state index in [0.29, 0.717) is 24.2 Å². The number of para-hydroxylation sites is 1. The Labute approximate surface area is 159 Å². The van der Waals surface area contributed by atoms with Crippen LogP contribution in [-0.2, 0) is 0 Å². The molecule has 1 atom stereocenters. The van der Waals surface area contributed by atoms with Crippen molar-refractivity contribution in [2.75, 3.05) is 32.1 Å². The summed E-state index contributed by atoms with van der Waals surface area (Å²) in [7, 11) is 3.92. The summed E-state index contributed by atoms with van der Waals surface area (Å²) in [6, 6.07) is 14.8. The van der Waals surface area contributed by atoms with Crippen LogP contribution in [0.25, 0.3) is 0 Å². The molecular weight excluding hydrogens is 342 g/mol. The second-order valence-corrected chi connectivity index (χ2v) is 7.75. The van der Waals surface area contributed by atoms with Gasteiger partial charge in [0.2, 0.25) is 5.54 Å². The molecule has 0 saturated heterocycles. The molecule has 1 heterocycles. The molecule has 2 aromatic carbocycles. The number of carbonyl (C=O) groups excluding carboxylic acids is 1. The SMILES string of the molecule is CN(C)CCN1C(=O)c2ccccc2C(C(C)(C)[N+](=O)[O-])c2ccccc21. The molecule has 142 valence electrons. The number of rotatable bonds is 5. The molecule has 1 aliphatic heterocycles. The van der Waals surface area contributed by atoms with Crippen LogP contribution < -0.4 is 4.90 Å². The first-order valence-electron chi connectivity index (χ1n) is 9.04. The maximum atomic E-state index is 13.4. The molecule has 2 aromatic rings. The van der Waals surface area contributed by atoms with Gasteiger partial charge in [-0.3, -0.25) is 14.9 Å². The highest BCUT2D eigenvalue weighted by Crippen LogP contribution is 2.45. The summed E-state index contributed by atoms with van der Waals surface area (Å²) < 4.78 is 0. The van der Waals surface area contributed by atoms with Crippen molar-refractivity contribution < 1.29 is 9.72 Å². The van der Waals surface area contributed by atoms with Crippen molar-refractivity contribution in [3.8, 4) is 0 Å². The average molecular weight is 367 g/mol. The molecule has 0 fully saturated rings. The third kappa shape index (κ3) is 3.32.